The second-order valence-corrected chi connectivity index (χ2v) is 8.49. The molecule has 3 N–H and O–H groups in total. The molecule has 0 aliphatic carbocycles. The standard InChI is InChI=1S/C25H25ClN4O4/c26-24-19(17-5-6-21-22(12-17)33-11-10-32-21)2-1-3-20(24)25(31)29-23-7-4-16(14-28-23)13-27-15-18-8-9-34-30-18/h1-7,12,14,18,27,30H,8-11,13,15H2,(H,28,29,31)/t18-/m0/s1. The van der Waals surface area contributed by atoms with Gasteiger partial charge in [0.2, 0.25) is 0 Å². The van der Waals surface area contributed by atoms with E-state index in [1.54, 1.807) is 24.4 Å². The average molecular weight is 481 g/mol. The highest BCUT2D eigenvalue weighted by Crippen LogP contribution is 2.37. The molecular formula is C25H25ClN4O4. The van der Waals surface area contributed by atoms with E-state index in [9.17, 15) is 4.79 Å². The predicted octanol–water partition coefficient (Wildman–Crippen LogP) is 3.81. The number of benzene rings is 2. The lowest BCUT2D eigenvalue weighted by Crippen LogP contribution is -2.33. The van der Waals surface area contributed by atoms with Crippen molar-refractivity contribution in [2.24, 2.45) is 0 Å². The van der Waals surface area contributed by atoms with Crippen LogP contribution in [0.5, 0.6) is 11.5 Å². The third kappa shape index (κ3) is 5.15. The van der Waals surface area contributed by atoms with Crippen LogP contribution < -0.4 is 25.6 Å². The molecule has 2 aliphatic heterocycles. The Labute approximate surface area is 202 Å². The number of carbonyl (C=O) groups excluding carboxylic acids is 1. The molecular weight excluding hydrogens is 456 g/mol. The Morgan fingerprint density at radius 1 is 1.09 bits per heavy atom. The van der Waals surface area contributed by atoms with Crippen LogP contribution in [-0.2, 0) is 11.4 Å². The van der Waals surface area contributed by atoms with Gasteiger partial charge in [-0.3, -0.25) is 4.79 Å². The fourth-order valence-electron chi connectivity index (χ4n) is 3.90. The van der Waals surface area contributed by atoms with Crippen LogP contribution in [0.4, 0.5) is 5.82 Å². The molecule has 1 amide bonds. The normalized spacial score (nSPS) is 16.9. The van der Waals surface area contributed by atoms with Crippen LogP contribution in [0.2, 0.25) is 5.02 Å². The minimum Gasteiger partial charge on any atom is -0.486 e. The first kappa shape index (κ1) is 22.6. The van der Waals surface area contributed by atoms with Gasteiger partial charge in [0, 0.05) is 30.9 Å². The molecule has 0 bridgehead atoms. The van der Waals surface area contributed by atoms with Crippen LogP contribution in [0.3, 0.4) is 0 Å². The van der Waals surface area contributed by atoms with Gasteiger partial charge in [0.1, 0.15) is 19.0 Å². The fourth-order valence-corrected chi connectivity index (χ4v) is 4.22. The van der Waals surface area contributed by atoms with Crippen LogP contribution in [0.1, 0.15) is 22.3 Å². The van der Waals surface area contributed by atoms with Gasteiger partial charge in [0.15, 0.2) is 11.5 Å². The molecule has 5 rings (SSSR count). The minimum absolute atomic E-state index is 0.324. The lowest BCUT2D eigenvalue weighted by Gasteiger charge is -2.19. The zero-order valence-electron chi connectivity index (χ0n) is 18.5. The smallest absolute Gasteiger partial charge is 0.258 e. The van der Waals surface area contributed by atoms with Crippen LogP contribution in [0, 0.1) is 0 Å². The van der Waals surface area contributed by atoms with E-state index >= 15 is 0 Å². The summed E-state index contributed by atoms with van der Waals surface area (Å²) in [7, 11) is 0. The Hall–Kier alpha value is -3.17. The number of rotatable bonds is 7. The second-order valence-electron chi connectivity index (χ2n) is 8.11. The van der Waals surface area contributed by atoms with Crippen molar-refractivity contribution in [1.82, 2.24) is 15.8 Å². The molecule has 1 atom stereocenters. The number of nitrogens with zero attached hydrogens (tertiary/aromatic N) is 1. The Balaban J connectivity index is 1.24. The first-order valence-electron chi connectivity index (χ1n) is 11.2. The van der Waals surface area contributed by atoms with Crippen molar-refractivity contribution in [3.8, 4) is 22.6 Å². The summed E-state index contributed by atoms with van der Waals surface area (Å²) in [4.78, 5) is 22.5. The molecule has 1 fully saturated rings. The van der Waals surface area contributed by atoms with Gasteiger partial charge in [0.25, 0.3) is 5.91 Å². The Bertz CT molecular complexity index is 1170. The summed E-state index contributed by atoms with van der Waals surface area (Å²) < 4.78 is 11.3. The number of anilines is 1. The zero-order valence-corrected chi connectivity index (χ0v) is 19.2. The topological polar surface area (TPSA) is 93.7 Å². The van der Waals surface area contributed by atoms with Gasteiger partial charge in [-0.2, -0.15) is 5.48 Å². The van der Waals surface area contributed by atoms with Gasteiger partial charge in [-0.25, -0.2) is 4.98 Å². The van der Waals surface area contributed by atoms with Gasteiger partial charge in [-0.15, -0.1) is 0 Å². The van der Waals surface area contributed by atoms with Crippen molar-refractivity contribution in [3.05, 3.63) is 70.9 Å². The molecule has 9 heteroatoms. The average Bonchev–Trinajstić information content (AvgIpc) is 3.38. The molecule has 0 unspecified atom stereocenters. The molecule has 1 saturated heterocycles. The molecule has 0 radical (unpaired) electrons. The van der Waals surface area contributed by atoms with E-state index in [1.807, 2.05) is 30.3 Å². The maximum absolute atomic E-state index is 12.9. The van der Waals surface area contributed by atoms with Crippen LogP contribution >= 0.6 is 11.6 Å². The van der Waals surface area contributed by atoms with Gasteiger partial charge in [-0.1, -0.05) is 35.9 Å². The van der Waals surface area contributed by atoms with Gasteiger partial charge in [0.05, 0.1) is 17.2 Å². The molecule has 3 aromatic rings. The summed E-state index contributed by atoms with van der Waals surface area (Å²) in [6.07, 6.45) is 2.74. The molecule has 2 aromatic carbocycles. The number of ether oxygens (including phenoxy) is 2. The van der Waals surface area contributed by atoms with E-state index in [-0.39, 0.29) is 5.91 Å². The van der Waals surface area contributed by atoms with Crippen molar-refractivity contribution in [3.63, 3.8) is 0 Å². The van der Waals surface area contributed by atoms with E-state index in [4.69, 9.17) is 25.9 Å². The number of hydrogen-bond donors (Lipinski definition) is 3. The largest absolute Gasteiger partial charge is 0.486 e. The third-order valence-corrected chi connectivity index (χ3v) is 6.11. The van der Waals surface area contributed by atoms with Crippen molar-refractivity contribution < 1.29 is 19.1 Å². The van der Waals surface area contributed by atoms with E-state index in [2.05, 4.69) is 21.1 Å². The highest BCUT2D eigenvalue weighted by molar-refractivity contribution is 6.37. The van der Waals surface area contributed by atoms with E-state index in [0.717, 1.165) is 36.3 Å². The number of hydroxylamine groups is 1. The maximum atomic E-state index is 12.9. The van der Waals surface area contributed by atoms with Crippen molar-refractivity contribution in [2.75, 3.05) is 31.7 Å². The summed E-state index contributed by atoms with van der Waals surface area (Å²) in [5, 5.41) is 6.57. The lowest BCUT2D eigenvalue weighted by atomic mass is 10.0. The van der Waals surface area contributed by atoms with Crippen LogP contribution in [0.25, 0.3) is 11.1 Å². The number of aromatic nitrogens is 1. The summed E-state index contributed by atoms with van der Waals surface area (Å²) in [5.74, 6) is 1.51. The van der Waals surface area contributed by atoms with Gasteiger partial charge in [-0.05, 0) is 41.8 Å². The SMILES string of the molecule is O=C(Nc1ccc(CNC[C@@H]2CCON2)cn1)c1cccc(-c2ccc3c(c2)OCCO3)c1Cl. The second kappa shape index (κ2) is 10.4. The van der Waals surface area contributed by atoms with Crippen molar-refractivity contribution >= 4 is 23.3 Å². The summed E-state index contributed by atoms with van der Waals surface area (Å²) in [6, 6.07) is 15.0. The molecule has 1 aromatic heterocycles. The highest BCUT2D eigenvalue weighted by atomic mass is 35.5. The monoisotopic (exact) mass is 480 g/mol. The molecule has 34 heavy (non-hydrogen) atoms. The molecule has 0 spiro atoms. The third-order valence-electron chi connectivity index (χ3n) is 5.70. The number of fused-ring (bicyclic) bond motifs is 1. The van der Waals surface area contributed by atoms with Crippen LogP contribution in [-0.4, -0.2) is 43.3 Å². The van der Waals surface area contributed by atoms with Gasteiger partial charge < -0.3 is 24.9 Å². The predicted molar refractivity (Wildman–Crippen MR) is 129 cm³/mol. The Morgan fingerprint density at radius 3 is 2.76 bits per heavy atom. The van der Waals surface area contributed by atoms with E-state index in [1.165, 1.54) is 0 Å². The van der Waals surface area contributed by atoms with Gasteiger partial charge >= 0.3 is 0 Å². The van der Waals surface area contributed by atoms with Crippen LogP contribution in [0.15, 0.2) is 54.7 Å². The van der Waals surface area contributed by atoms with E-state index in [0.29, 0.717) is 53.7 Å². The number of amides is 1. The van der Waals surface area contributed by atoms with Crippen molar-refractivity contribution in [1.29, 1.82) is 0 Å². The number of halogens is 1. The van der Waals surface area contributed by atoms with E-state index < -0.39 is 0 Å². The molecule has 3 heterocycles. The number of carbonyl (C=O) groups is 1. The van der Waals surface area contributed by atoms with Crippen molar-refractivity contribution in [2.45, 2.75) is 19.0 Å². The molecule has 8 nitrogen and oxygen atoms in total. The summed E-state index contributed by atoms with van der Waals surface area (Å²) in [6.45, 7) is 3.27. The lowest BCUT2D eigenvalue weighted by molar-refractivity contribution is 0.0880. The molecule has 176 valence electrons. The molecule has 2 aliphatic rings. The minimum atomic E-state index is -0.324. The zero-order chi connectivity index (χ0) is 23.3. The number of nitrogens with one attached hydrogen (secondary N) is 3. The first-order valence-corrected chi connectivity index (χ1v) is 11.6. The number of hydrogen-bond acceptors (Lipinski definition) is 7. The Kier molecular flexibility index (Phi) is 6.92. The molecule has 0 saturated carbocycles. The highest BCUT2D eigenvalue weighted by Gasteiger charge is 2.18. The first-order chi connectivity index (χ1) is 16.7. The number of pyridine rings is 1. The summed E-state index contributed by atoms with van der Waals surface area (Å²) in [5.41, 5.74) is 5.95. The maximum Gasteiger partial charge on any atom is 0.258 e. The summed E-state index contributed by atoms with van der Waals surface area (Å²) >= 11 is 6.65. The fraction of sp³-hybridized carbons (Fsp3) is 0.280. The quantitative estimate of drug-likeness (QED) is 0.473. The Morgan fingerprint density at radius 2 is 1.97 bits per heavy atom.